The second-order valence-corrected chi connectivity index (χ2v) is 11.7. The first-order chi connectivity index (χ1) is 18.4. The molecule has 1 heterocycles. The zero-order valence-electron chi connectivity index (χ0n) is 23.5. The molecule has 2 aromatic rings. The van der Waals surface area contributed by atoms with E-state index in [9.17, 15) is 24.3 Å². The number of benzene rings is 1. The van der Waals surface area contributed by atoms with Gasteiger partial charge in [0.1, 0.15) is 18.1 Å². The number of carbonyl (C=O) groups excluding carboxylic acids is 3. The highest BCUT2D eigenvalue weighted by atomic mass is 32.2. The minimum Gasteiger partial charge on any atom is -0.480 e. The van der Waals surface area contributed by atoms with Crippen LogP contribution in [0.1, 0.15) is 52.5 Å². The number of nitrogens with two attached hydrogens (primary N) is 1. The van der Waals surface area contributed by atoms with Gasteiger partial charge in [-0.2, -0.15) is 11.8 Å². The Balaban J connectivity index is 2.16. The Bertz CT molecular complexity index is 1120. The average Bonchev–Trinajstić information content (AvgIpc) is 3.28. The van der Waals surface area contributed by atoms with Crippen molar-refractivity contribution in [3.05, 3.63) is 36.0 Å². The summed E-state index contributed by atoms with van der Waals surface area (Å²) in [6, 6.07) is 3.75. The van der Waals surface area contributed by atoms with Gasteiger partial charge < -0.3 is 31.8 Å². The number of thioether (sulfide) groups is 1. The molecule has 1 aromatic carbocycles. The predicted molar refractivity (Wildman–Crippen MR) is 155 cm³/mol. The van der Waals surface area contributed by atoms with Crippen LogP contribution in [0.25, 0.3) is 10.9 Å². The molecule has 1 aromatic heterocycles. The summed E-state index contributed by atoms with van der Waals surface area (Å²) in [5, 5.41) is 18.9. The fraction of sp³-hybridized carbons (Fsp3) is 0.571. The van der Waals surface area contributed by atoms with Crippen molar-refractivity contribution < 1.29 is 24.3 Å². The van der Waals surface area contributed by atoms with E-state index in [-0.39, 0.29) is 18.3 Å². The molecule has 2 rings (SSSR count). The van der Waals surface area contributed by atoms with E-state index in [1.54, 1.807) is 18.0 Å². The Morgan fingerprint density at radius 1 is 0.897 bits per heavy atom. The van der Waals surface area contributed by atoms with Gasteiger partial charge >= 0.3 is 5.97 Å². The lowest BCUT2D eigenvalue weighted by Gasteiger charge is -2.27. The lowest BCUT2D eigenvalue weighted by atomic mass is 9.99. The molecule has 4 atom stereocenters. The molecule has 0 fully saturated rings. The van der Waals surface area contributed by atoms with Crippen LogP contribution in [0.15, 0.2) is 30.5 Å². The highest BCUT2D eigenvalue weighted by Crippen LogP contribution is 2.19. The summed E-state index contributed by atoms with van der Waals surface area (Å²) in [7, 11) is 0. The van der Waals surface area contributed by atoms with E-state index in [1.165, 1.54) is 0 Å². The first kappa shape index (κ1) is 32.2. The third-order valence-corrected chi connectivity index (χ3v) is 7.01. The Labute approximate surface area is 234 Å². The quantitative estimate of drug-likeness (QED) is 0.183. The molecule has 4 unspecified atom stereocenters. The molecular formula is C28H43N5O5S. The molecule has 0 saturated carbocycles. The Morgan fingerprint density at radius 2 is 1.44 bits per heavy atom. The highest BCUT2D eigenvalue weighted by Gasteiger charge is 2.31. The largest absolute Gasteiger partial charge is 0.480 e. The molecule has 39 heavy (non-hydrogen) atoms. The minimum absolute atomic E-state index is 0.0380. The maximum atomic E-state index is 13.3. The fourth-order valence-corrected chi connectivity index (χ4v) is 4.82. The van der Waals surface area contributed by atoms with Gasteiger partial charge in [-0.3, -0.25) is 14.4 Å². The van der Waals surface area contributed by atoms with Crippen LogP contribution in [0.3, 0.4) is 0 Å². The Morgan fingerprint density at radius 3 is 1.97 bits per heavy atom. The number of H-pyrrole nitrogens is 1. The lowest BCUT2D eigenvalue weighted by Crippen LogP contribution is -2.57. The molecule has 0 aliphatic rings. The van der Waals surface area contributed by atoms with Crippen molar-refractivity contribution in [3.8, 4) is 0 Å². The number of hydrogen-bond donors (Lipinski definition) is 6. The van der Waals surface area contributed by atoms with Crippen molar-refractivity contribution >= 4 is 46.4 Å². The van der Waals surface area contributed by atoms with E-state index >= 15 is 0 Å². The van der Waals surface area contributed by atoms with Crippen LogP contribution in [0.4, 0.5) is 0 Å². The Kier molecular flexibility index (Phi) is 12.8. The van der Waals surface area contributed by atoms with Crippen LogP contribution in [0, 0.1) is 11.8 Å². The number of aliphatic carboxylic acids is 1. The molecule has 0 radical (unpaired) electrons. The summed E-state index contributed by atoms with van der Waals surface area (Å²) in [6.45, 7) is 7.68. The number of carboxylic acid groups (broad SMARTS) is 1. The van der Waals surface area contributed by atoms with Crippen molar-refractivity contribution in [1.29, 1.82) is 0 Å². The average molecular weight is 562 g/mol. The number of aromatic amines is 1. The van der Waals surface area contributed by atoms with E-state index < -0.39 is 47.9 Å². The molecule has 0 bridgehead atoms. The highest BCUT2D eigenvalue weighted by molar-refractivity contribution is 7.98. The number of rotatable bonds is 16. The van der Waals surface area contributed by atoms with Gasteiger partial charge in [-0.1, -0.05) is 45.9 Å². The molecule has 0 aliphatic carbocycles. The van der Waals surface area contributed by atoms with Crippen LogP contribution in [0.2, 0.25) is 0 Å². The van der Waals surface area contributed by atoms with Gasteiger partial charge in [0.05, 0.1) is 6.04 Å². The number of nitrogens with one attached hydrogen (secondary N) is 4. The first-order valence-corrected chi connectivity index (χ1v) is 14.8. The summed E-state index contributed by atoms with van der Waals surface area (Å²) in [5.74, 6) is -1.83. The number of para-hydroxylation sites is 1. The fourth-order valence-electron chi connectivity index (χ4n) is 4.33. The smallest absolute Gasteiger partial charge is 0.326 e. The molecule has 7 N–H and O–H groups in total. The van der Waals surface area contributed by atoms with Gasteiger partial charge in [0.2, 0.25) is 17.7 Å². The number of aromatic nitrogens is 1. The number of fused-ring (bicyclic) bond motifs is 1. The third kappa shape index (κ3) is 10.2. The van der Waals surface area contributed by atoms with Gasteiger partial charge in [0, 0.05) is 23.5 Å². The summed E-state index contributed by atoms with van der Waals surface area (Å²) in [4.78, 5) is 54.4. The minimum atomic E-state index is -1.19. The molecular weight excluding hydrogens is 518 g/mol. The molecule has 0 aliphatic heterocycles. The van der Waals surface area contributed by atoms with Gasteiger partial charge in [-0.05, 0) is 54.7 Å². The molecule has 3 amide bonds. The SMILES string of the molecule is CSCCC(N)C(=O)NC(CC(C)C)C(=O)NC(CC(C)C)C(=O)NC(Cc1c[nH]c2ccccc12)C(=O)O. The van der Waals surface area contributed by atoms with E-state index in [2.05, 4.69) is 20.9 Å². The molecule has 10 nitrogen and oxygen atoms in total. The molecule has 216 valence electrons. The zero-order valence-corrected chi connectivity index (χ0v) is 24.3. The monoisotopic (exact) mass is 561 g/mol. The summed E-state index contributed by atoms with van der Waals surface area (Å²) in [6.07, 6.45) is 4.88. The van der Waals surface area contributed by atoms with Crippen molar-refractivity contribution in [3.63, 3.8) is 0 Å². The van der Waals surface area contributed by atoms with Gasteiger partial charge in [0.25, 0.3) is 0 Å². The maximum Gasteiger partial charge on any atom is 0.326 e. The number of hydrogen-bond acceptors (Lipinski definition) is 6. The standard InChI is InChI=1S/C28H43N5O5S/c1-16(2)12-22(31-25(34)20(29)10-11-39-5)26(35)32-23(13-17(3)4)27(36)33-24(28(37)38)14-18-15-30-21-9-7-6-8-19(18)21/h6-9,15-17,20,22-24,30H,10-14,29H2,1-5H3,(H,31,34)(H,32,35)(H,33,36)(H,37,38). The number of amides is 3. The van der Waals surface area contributed by atoms with Crippen LogP contribution >= 0.6 is 11.8 Å². The summed E-state index contributed by atoms with van der Waals surface area (Å²) in [5.41, 5.74) is 7.63. The normalized spacial score (nSPS) is 14.6. The van der Waals surface area contributed by atoms with Crippen molar-refractivity contribution in [2.75, 3.05) is 12.0 Å². The van der Waals surface area contributed by atoms with E-state index in [0.717, 1.165) is 22.2 Å². The summed E-state index contributed by atoms with van der Waals surface area (Å²) >= 11 is 1.58. The number of carbonyl (C=O) groups is 4. The lowest BCUT2D eigenvalue weighted by molar-refractivity contribution is -0.142. The van der Waals surface area contributed by atoms with Crippen LogP contribution in [-0.4, -0.2) is 70.0 Å². The van der Waals surface area contributed by atoms with Crippen molar-refractivity contribution in [2.24, 2.45) is 17.6 Å². The van der Waals surface area contributed by atoms with Crippen LogP contribution < -0.4 is 21.7 Å². The van der Waals surface area contributed by atoms with E-state index in [1.807, 2.05) is 58.2 Å². The molecule has 0 spiro atoms. The van der Waals surface area contributed by atoms with Crippen LogP contribution in [0.5, 0.6) is 0 Å². The second-order valence-electron chi connectivity index (χ2n) is 10.7. The first-order valence-electron chi connectivity index (χ1n) is 13.4. The topological polar surface area (TPSA) is 166 Å². The molecule has 11 heteroatoms. The molecule has 0 saturated heterocycles. The van der Waals surface area contributed by atoms with Gasteiger partial charge in [-0.25, -0.2) is 4.79 Å². The van der Waals surface area contributed by atoms with Crippen molar-refractivity contribution in [1.82, 2.24) is 20.9 Å². The van der Waals surface area contributed by atoms with E-state index in [4.69, 9.17) is 5.73 Å². The van der Waals surface area contributed by atoms with E-state index in [0.29, 0.717) is 19.3 Å². The predicted octanol–water partition coefficient (Wildman–Crippen LogP) is 2.42. The second kappa shape index (κ2) is 15.5. The zero-order chi connectivity index (χ0) is 29.1. The summed E-state index contributed by atoms with van der Waals surface area (Å²) < 4.78 is 0. The third-order valence-electron chi connectivity index (χ3n) is 6.36. The van der Waals surface area contributed by atoms with Crippen molar-refractivity contribution in [2.45, 2.75) is 77.5 Å². The Hall–Kier alpha value is -3.05. The van der Waals surface area contributed by atoms with Gasteiger partial charge in [-0.15, -0.1) is 0 Å². The maximum absolute atomic E-state index is 13.3. The van der Waals surface area contributed by atoms with Crippen LogP contribution in [-0.2, 0) is 25.6 Å². The number of carboxylic acids is 1. The van der Waals surface area contributed by atoms with Gasteiger partial charge in [0.15, 0.2) is 0 Å².